The average molecular weight is 323 g/mol. The van der Waals surface area contributed by atoms with Gasteiger partial charge < -0.3 is 10.8 Å². The fourth-order valence-electron chi connectivity index (χ4n) is 2.77. The SMILES string of the molecule is Nc1scc2c1C(=O)N(C1CCC(=O)N(CCO)C1=O)C2=O. The number of likely N-dealkylation sites (tertiary alicyclic amines) is 1. The van der Waals surface area contributed by atoms with Crippen molar-refractivity contribution in [3.05, 3.63) is 16.5 Å². The van der Waals surface area contributed by atoms with Crippen LogP contribution in [-0.4, -0.2) is 57.7 Å². The van der Waals surface area contributed by atoms with Gasteiger partial charge in [0.15, 0.2) is 0 Å². The van der Waals surface area contributed by atoms with Crippen molar-refractivity contribution < 1.29 is 24.3 Å². The maximum absolute atomic E-state index is 12.4. The van der Waals surface area contributed by atoms with E-state index in [1.165, 1.54) is 5.38 Å². The molecule has 22 heavy (non-hydrogen) atoms. The molecule has 3 N–H and O–H groups in total. The molecule has 8 nitrogen and oxygen atoms in total. The highest BCUT2D eigenvalue weighted by molar-refractivity contribution is 7.14. The Kier molecular flexibility index (Phi) is 3.45. The van der Waals surface area contributed by atoms with Gasteiger partial charge >= 0.3 is 0 Å². The number of nitrogens with two attached hydrogens (primary N) is 1. The quantitative estimate of drug-likeness (QED) is 0.719. The molecule has 1 aromatic rings. The predicted molar refractivity (Wildman–Crippen MR) is 76.1 cm³/mol. The first-order valence-corrected chi connectivity index (χ1v) is 7.55. The minimum Gasteiger partial charge on any atom is -0.395 e. The lowest BCUT2D eigenvalue weighted by Gasteiger charge is -2.34. The van der Waals surface area contributed by atoms with E-state index in [4.69, 9.17) is 10.8 Å². The maximum atomic E-state index is 12.4. The zero-order valence-electron chi connectivity index (χ0n) is 11.4. The number of amides is 4. The number of piperidine rings is 1. The standard InChI is InChI=1S/C13H13N3O5S/c14-10-9-6(5-22-10)11(19)16(13(9)21)7-1-2-8(18)15(3-4-17)12(7)20/h5,7,17H,1-4,14H2. The Labute approximate surface area is 129 Å². The van der Waals surface area contributed by atoms with E-state index in [-0.39, 0.29) is 42.1 Å². The second-order valence-corrected chi connectivity index (χ2v) is 5.94. The van der Waals surface area contributed by atoms with Crippen LogP contribution in [0.3, 0.4) is 0 Å². The number of nitrogens with zero attached hydrogens (tertiary/aromatic N) is 2. The van der Waals surface area contributed by atoms with Crippen LogP contribution in [0.1, 0.15) is 33.6 Å². The molecule has 4 amide bonds. The fourth-order valence-corrected chi connectivity index (χ4v) is 3.55. The molecule has 0 radical (unpaired) electrons. The summed E-state index contributed by atoms with van der Waals surface area (Å²) in [5.41, 5.74) is 6.04. The third-order valence-electron chi connectivity index (χ3n) is 3.82. The lowest BCUT2D eigenvalue weighted by atomic mass is 10.0. The van der Waals surface area contributed by atoms with Crippen LogP contribution in [0.25, 0.3) is 0 Å². The van der Waals surface area contributed by atoms with Gasteiger partial charge in [0.1, 0.15) is 6.04 Å². The highest BCUT2D eigenvalue weighted by Crippen LogP contribution is 2.35. The first-order chi connectivity index (χ1) is 10.5. The Bertz CT molecular complexity index is 698. The number of anilines is 1. The Morgan fingerprint density at radius 3 is 2.64 bits per heavy atom. The topological polar surface area (TPSA) is 121 Å². The summed E-state index contributed by atoms with van der Waals surface area (Å²) in [4.78, 5) is 50.7. The molecule has 1 aromatic heterocycles. The van der Waals surface area contributed by atoms with Crippen molar-refractivity contribution in [1.82, 2.24) is 9.80 Å². The molecule has 0 bridgehead atoms. The molecule has 0 spiro atoms. The molecule has 9 heteroatoms. The second-order valence-electron chi connectivity index (χ2n) is 5.03. The molecular formula is C13H13N3O5S. The minimum absolute atomic E-state index is 0.0375. The average Bonchev–Trinajstić information content (AvgIpc) is 2.97. The Morgan fingerprint density at radius 1 is 1.27 bits per heavy atom. The Morgan fingerprint density at radius 2 is 2.00 bits per heavy atom. The smallest absolute Gasteiger partial charge is 0.265 e. The zero-order valence-corrected chi connectivity index (χ0v) is 12.3. The van der Waals surface area contributed by atoms with Crippen LogP contribution in [-0.2, 0) is 9.59 Å². The summed E-state index contributed by atoms with van der Waals surface area (Å²) in [7, 11) is 0. The molecule has 3 heterocycles. The summed E-state index contributed by atoms with van der Waals surface area (Å²) in [6, 6.07) is -1.03. The first kappa shape index (κ1) is 14.7. The van der Waals surface area contributed by atoms with Gasteiger partial charge in [-0.1, -0.05) is 0 Å². The van der Waals surface area contributed by atoms with E-state index in [0.717, 1.165) is 21.1 Å². The van der Waals surface area contributed by atoms with Crippen LogP contribution >= 0.6 is 11.3 Å². The van der Waals surface area contributed by atoms with Crippen LogP contribution in [0.15, 0.2) is 5.38 Å². The van der Waals surface area contributed by atoms with Gasteiger partial charge in [-0.25, -0.2) is 0 Å². The number of hydrogen-bond acceptors (Lipinski definition) is 7. The molecule has 1 saturated heterocycles. The number of carbonyl (C=O) groups excluding carboxylic acids is 4. The number of hydrogen-bond donors (Lipinski definition) is 2. The summed E-state index contributed by atoms with van der Waals surface area (Å²) in [5.74, 6) is -2.22. The maximum Gasteiger partial charge on any atom is 0.265 e. The van der Waals surface area contributed by atoms with E-state index < -0.39 is 29.7 Å². The van der Waals surface area contributed by atoms with E-state index in [2.05, 4.69) is 0 Å². The zero-order chi connectivity index (χ0) is 16.0. The van der Waals surface area contributed by atoms with Crippen LogP contribution < -0.4 is 5.73 Å². The molecule has 0 aromatic carbocycles. The monoisotopic (exact) mass is 323 g/mol. The fraction of sp³-hybridized carbons (Fsp3) is 0.385. The van der Waals surface area contributed by atoms with Crippen molar-refractivity contribution in [2.45, 2.75) is 18.9 Å². The number of fused-ring (bicyclic) bond motifs is 1. The van der Waals surface area contributed by atoms with E-state index in [9.17, 15) is 19.2 Å². The third kappa shape index (κ3) is 1.93. The lowest BCUT2D eigenvalue weighted by Crippen LogP contribution is -2.56. The van der Waals surface area contributed by atoms with Crippen molar-refractivity contribution in [2.75, 3.05) is 18.9 Å². The number of rotatable bonds is 3. The molecule has 0 saturated carbocycles. The predicted octanol–water partition coefficient (Wildman–Crippen LogP) is -0.564. The molecule has 116 valence electrons. The van der Waals surface area contributed by atoms with Gasteiger partial charge in [-0.15, -0.1) is 11.3 Å². The number of carbonyl (C=O) groups is 4. The summed E-state index contributed by atoms with van der Waals surface area (Å²) < 4.78 is 0. The van der Waals surface area contributed by atoms with Crippen LogP contribution in [0.5, 0.6) is 0 Å². The van der Waals surface area contributed by atoms with E-state index in [1.807, 2.05) is 0 Å². The van der Waals surface area contributed by atoms with Crippen molar-refractivity contribution in [3.63, 3.8) is 0 Å². The normalized spacial score (nSPS) is 21.8. The molecule has 2 aliphatic heterocycles. The summed E-state index contributed by atoms with van der Waals surface area (Å²) in [5, 5.41) is 10.7. The van der Waals surface area contributed by atoms with Gasteiger partial charge in [-0.05, 0) is 6.42 Å². The summed E-state index contributed by atoms with van der Waals surface area (Å²) in [6.07, 6.45) is 0.125. The molecule has 2 aliphatic rings. The molecule has 0 aliphatic carbocycles. The van der Waals surface area contributed by atoms with E-state index in [1.54, 1.807) is 0 Å². The molecular weight excluding hydrogens is 310 g/mol. The van der Waals surface area contributed by atoms with E-state index in [0.29, 0.717) is 0 Å². The Balaban J connectivity index is 1.92. The molecule has 1 atom stereocenters. The largest absolute Gasteiger partial charge is 0.395 e. The second kappa shape index (κ2) is 5.18. The number of nitrogen functional groups attached to an aromatic ring is 1. The lowest BCUT2D eigenvalue weighted by molar-refractivity contribution is -0.152. The molecule has 3 rings (SSSR count). The van der Waals surface area contributed by atoms with Crippen molar-refractivity contribution in [2.24, 2.45) is 0 Å². The summed E-state index contributed by atoms with van der Waals surface area (Å²) in [6.45, 7) is -0.514. The third-order valence-corrected chi connectivity index (χ3v) is 4.63. The van der Waals surface area contributed by atoms with Gasteiger partial charge in [0.2, 0.25) is 5.91 Å². The van der Waals surface area contributed by atoms with Crippen LogP contribution in [0.2, 0.25) is 0 Å². The summed E-state index contributed by atoms with van der Waals surface area (Å²) >= 11 is 1.10. The van der Waals surface area contributed by atoms with Crippen molar-refractivity contribution in [1.29, 1.82) is 0 Å². The number of thiophene rings is 1. The van der Waals surface area contributed by atoms with Crippen LogP contribution in [0.4, 0.5) is 5.00 Å². The minimum atomic E-state index is -1.03. The highest BCUT2D eigenvalue weighted by Gasteiger charge is 2.48. The van der Waals surface area contributed by atoms with Crippen molar-refractivity contribution >= 4 is 40.0 Å². The van der Waals surface area contributed by atoms with Gasteiger partial charge in [0.05, 0.1) is 29.3 Å². The van der Waals surface area contributed by atoms with Gasteiger partial charge in [-0.3, -0.25) is 29.0 Å². The molecule has 1 fully saturated rings. The van der Waals surface area contributed by atoms with Crippen LogP contribution in [0, 0.1) is 0 Å². The highest BCUT2D eigenvalue weighted by atomic mass is 32.1. The number of imide groups is 2. The number of β-amino-alcohol motifs (C(OH)–C–C–N with tert-alkyl or cyclic N) is 1. The van der Waals surface area contributed by atoms with Gasteiger partial charge in [-0.2, -0.15) is 0 Å². The number of aliphatic hydroxyl groups is 1. The van der Waals surface area contributed by atoms with Crippen molar-refractivity contribution in [3.8, 4) is 0 Å². The van der Waals surface area contributed by atoms with E-state index >= 15 is 0 Å². The van der Waals surface area contributed by atoms with Gasteiger partial charge in [0.25, 0.3) is 17.7 Å². The molecule has 1 unspecified atom stereocenters. The van der Waals surface area contributed by atoms with Gasteiger partial charge in [0, 0.05) is 11.8 Å². The Hall–Kier alpha value is -2.26. The number of aliphatic hydroxyl groups excluding tert-OH is 1. The first-order valence-electron chi connectivity index (χ1n) is 6.67.